The van der Waals surface area contributed by atoms with E-state index in [0.29, 0.717) is 16.8 Å². The molecule has 1 saturated heterocycles. The Morgan fingerprint density at radius 1 is 1.52 bits per heavy atom. The van der Waals surface area contributed by atoms with Gasteiger partial charge in [-0.15, -0.1) is 11.6 Å². The SMILES string of the molecule is CC1CC(n2c(CCCl)nc3cc(Br)c(F)cc32)CCO1. The van der Waals surface area contributed by atoms with Crippen LogP contribution in [0.25, 0.3) is 11.0 Å². The van der Waals surface area contributed by atoms with E-state index < -0.39 is 0 Å². The first-order chi connectivity index (χ1) is 10.1. The first kappa shape index (κ1) is 15.3. The summed E-state index contributed by atoms with van der Waals surface area (Å²) in [5.41, 5.74) is 1.65. The molecule has 2 atom stereocenters. The quantitative estimate of drug-likeness (QED) is 0.741. The van der Waals surface area contributed by atoms with E-state index in [9.17, 15) is 4.39 Å². The highest BCUT2D eigenvalue weighted by Gasteiger charge is 2.25. The van der Waals surface area contributed by atoms with Crippen LogP contribution >= 0.6 is 27.5 Å². The number of nitrogens with zero attached hydrogens (tertiary/aromatic N) is 2. The van der Waals surface area contributed by atoms with Gasteiger partial charge in [0, 0.05) is 31.0 Å². The molecule has 0 bridgehead atoms. The maximum absolute atomic E-state index is 13.9. The van der Waals surface area contributed by atoms with Crippen molar-refractivity contribution in [1.29, 1.82) is 0 Å². The van der Waals surface area contributed by atoms with E-state index in [1.165, 1.54) is 0 Å². The molecule has 1 fully saturated rings. The Bertz CT molecular complexity index is 661. The van der Waals surface area contributed by atoms with E-state index in [1.54, 1.807) is 12.1 Å². The summed E-state index contributed by atoms with van der Waals surface area (Å²) in [5.74, 6) is 1.17. The minimum Gasteiger partial charge on any atom is -0.378 e. The molecule has 1 aromatic heterocycles. The first-order valence-corrected chi connectivity index (χ1v) is 8.46. The Morgan fingerprint density at radius 2 is 2.33 bits per heavy atom. The van der Waals surface area contributed by atoms with Crippen LogP contribution in [-0.2, 0) is 11.2 Å². The monoisotopic (exact) mass is 374 g/mol. The number of fused-ring (bicyclic) bond motifs is 1. The minimum atomic E-state index is -0.263. The Labute approximate surface area is 136 Å². The number of hydrogen-bond acceptors (Lipinski definition) is 2. The van der Waals surface area contributed by atoms with Gasteiger partial charge in [0.25, 0.3) is 0 Å². The zero-order chi connectivity index (χ0) is 15.0. The van der Waals surface area contributed by atoms with Crippen molar-refractivity contribution in [2.24, 2.45) is 0 Å². The van der Waals surface area contributed by atoms with Crippen molar-refractivity contribution in [3.8, 4) is 0 Å². The smallest absolute Gasteiger partial charge is 0.139 e. The van der Waals surface area contributed by atoms with E-state index in [0.717, 1.165) is 36.3 Å². The summed E-state index contributed by atoms with van der Waals surface area (Å²) in [4.78, 5) is 4.65. The molecule has 21 heavy (non-hydrogen) atoms. The molecule has 3 rings (SSSR count). The van der Waals surface area contributed by atoms with Crippen molar-refractivity contribution in [2.45, 2.75) is 38.3 Å². The van der Waals surface area contributed by atoms with E-state index in [-0.39, 0.29) is 18.0 Å². The number of aryl methyl sites for hydroxylation is 1. The maximum Gasteiger partial charge on any atom is 0.139 e. The number of ether oxygens (including phenoxy) is 1. The van der Waals surface area contributed by atoms with E-state index in [1.807, 2.05) is 0 Å². The number of halogens is 3. The Kier molecular flexibility index (Phi) is 4.52. The van der Waals surface area contributed by atoms with Crippen molar-refractivity contribution < 1.29 is 9.13 Å². The molecule has 2 unspecified atom stereocenters. The van der Waals surface area contributed by atoms with Crippen LogP contribution in [0.1, 0.15) is 31.6 Å². The summed E-state index contributed by atoms with van der Waals surface area (Å²) in [6.45, 7) is 2.80. The average Bonchev–Trinajstić information content (AvgIpc) is 2.77. The molecule has 0 amide bonds. The van der Waals surface area contributed by atoms with E-state index >= 15 is 0 Å². The summed E-state index contributed by atoms with van der Waals surface area (Å²) in [6.07, 6.45) is 2.73. The zero-order valence-electron chi connectivity index (χ0n) is 11.8. The van der Waals surface area contributed by atoms with Crippen molar-refractivity contribution in [3.63, 3.8) is 0 Å². The van der Waals surface area contributed by atoms with Gasteiger partial charge in [-0.25, -0.2) is 9.37 Å². The summed E-state index contributed by atoms with van der Waals surface area (Å²) < 4.78 is 22.1. The molecule has 0 spiro atoms. The number of imidazole rings is 1. The van der Waals surface area contributed by atoms with Gasteiger partial charge < -0.3 is 9.30 Å². The third kappa shape index (κ3) is 2.96. The van der Waals surface area contributed by atoms with Crippen molar-refractivity contribution in [2.75, 3.05) is 12.5 Å². The molecule has 6 heteroatoms. The second-order valence-electron chi connectivity index (χ2n) is 5.45. The fourth-order valence-corrected chi connectivity index (χ4v) is 3.52. The molecule has 2 aromatic rings. The van der Waals surface area contributed by atoms with Crippen LogP contribution in [0, 0.1) is 5.82 Å². The van der Waals surface area contributed by atoms with Crippen LogP contribution in [-0.4, -0.2) is 28.1 Å². The predicted octanol–water partition coefficient (Wildman–Crippen LogP) is 4.46. The molecule has 0 aliphatic carbocycles. The number of hydrogen-bond donors (Lipinski definition) is 0. The second-order valence-corrected chi connectivity index (χ2v) is 6.68. The largest absolute Gasteiger partial charge is 0.378 e. The summed E-state index contributed by atoms with van der Waals surface area (Å²) >= 11 is 9.13. The predicted molar refractivity (Wildman–Crippen MR) is 85.5 cm³/mol. The van der Waals surface area contributed by atoms with Crippen LogP contribution in [0.5, 0.6) is 0 Å². The molecule has 114 valence electrons. The molecular formula is C15H17BrClFN2O. The molecular weight excluding hydrogens is 359 g/mol. The lowest BCUT2D eigenvalue weighted by molar-refractivity contribution is 0.00625. The van der Waals surface area contributed by atoms with Gasteiger partial charge in [-0.05, 0) is 41.8 Å². The number of aromatic nitrogens is 2. The van der Waals surface area contributed by atoms with Crippen LogP contribution in [0.3, 0.4) is 0 Å². The van der Waals surface area contributed by atoms with Gasteiger partial charge in [0.1, 0.15) is 11.6 Å². The van der Waals surface area contributed by atoms with Gasteiger partial charge >= 0.3 is 0 Å². The normalized spacial score (nSPS) is 22.9. The van der Waals surface area contributed by atoms with Crippen LogP contribution in [0.15, 0.2) is 16.6 Å². The highest BCUT2D eigenvalue weighted by molar-refractivity contribution is 9.10. The van der Waals surface area contributed by atoms with Gasteiger partial charge in [-0.2, -0.15) is 0 Å². The van der Waals surface area contributed by atoms with Gasteiger partial charge in [0.15, 0.2) is 0 Å². The first-order valence-electron chi connectivity index (χ1n) is 7.13. The second kappa shape index (κ2) is 6.23. The summed E-state index contributed by atoms with van der Waals surface area (Å²) in [7, 11) is 0. The molecule has 2 heterocycles. The van der Waals surface area contributed by atoms with Gasteiger partial charge in [-0.1, -0.05) is 0 Å². The molecule has 0 radical (unpaired) electrons. The molecule has 1 aliphatic heterocycles. The topological polar surface area (TPSA) is 27.1 Å². The fourth-order valence-electron chi connectivity index (χ4n) is 3.02. The third-order valence-electron chi connectivity index (χ3n) is 3.95. The lowest BCUT2D eigenvalue weighted by Gasteiger charge is -2.30. The number of rotatable bonds is 3. The Balaban J connectivity index is 2.12. The molecule has 0 N–H and O–H groups in total. The van der Waals surface area contributed by atoms with Crippen LogP contribution < -0.4 is 0 Å². The van der Waals surface area contributed by atoms with Crippen LogP contribution in [0.4, 0.5) is 4.39 Å². The molecule has 1 aliphatic rings. The van der Waals surface area contributed by atoms with E-state index in [4.69, 9.17) is 16.3 Å². The molecule has 3 nitrogen and oxygen atoms in total. The standard InChI is InChI=1S/C15H17BrClFN2O/c1-9-6-10(3-5-21-9)20-14-8-12(18)11(16)7-13(14)19-15(20)2-4-17/h7-10H,2-6H2,1H3. The Morgan fingerprint density at radius 3 is 3.05 bits per heavy atom. The zero-order valence-corrected chi connectivity index (χ0v) is 14.1. The van der Waals surface area contributed by atoms with Gasteiger partial charge in [0.05, 0.1) is 21.6 Å². The third-order valence-corrected chi connectivity index (χ3v) is 4.74. The highest BCUT2D eigenvalue weighted by atomic mass is 79.9. The fraction of sp³-hybridized carbons (Fsp3) is 0.533. The highest BCUT2D eigenvalue weighted by Crippen LogP contribution is 2.32. The minimum absolute atomic E-state index is 0.213. The van der Waals surface area contributed by atoms with Crippen LogP contribution in [0.2, 0.25) is 0 Å². The van der Waals surface area contributed by atoms with Gasteiger partial charge in [0.2, 0.25) is 0 Å². The maximum atomic E-state index is 13.9. The van der Waals surface area contributed by atoms with E-state index in [2.05, 4.69) is 32.4 Å². The summed E-state index contributed by atoms with van der Waals surface area (Å²) in [5, 5.41) is 0. The van der Waals surface area contributed by atoms with Crippen molar-refractivity contribution in [1.82, 2.24) is 9.55 Å². The average molecular weight is 376 g/mol. The molecule has 0 saturated carbocycles. The van der Waals surface area contributed by atoms with Crippen molar-refractivity contribution in [3.05, 3.63) is 28.2 Å². The number of alkyl halides is 1. The van der Waals surface area contributed by atoms with Gasteiger partial charge in [-0.3, -0.25) is 0 Å². The number of benzene rings is 1. The lowest BCUT2D eigenvalue weighted by Crippen LogP contribution is -2.26. The summed E-state index contributed by atoms with van der Waals surface area (Å²) in [6, 6.07) is 3.59. The van der Waals surface area contributed by atoms with Crippen molar-refractivity contribution >= 4 is 38.6 Å². The Hall–Kier alpha value is -0.650. The lowest BCUT2D eigenvalue weighted by atomic mass is 10.0. The molecule has 1 aromatic carbocycles.